The molecule has 0 atom stereocenters. The Kier molecular flexibility index (Phi) is 3.71. The topological polar surface area (TPSA) is 26.0 Å². The van der Waals surface area contributed by atoms with Crippen LogP contribution in [0.25, 0.3) is 44.0 Å². The highest BCUT2D eigenvalue weighted by atomic mass is 16.3. The average Bonchev–Trinajstić information content (AvgIpc) is 3.04. The number of nitrogens with zero attached hydrogens (tertiary/aromatic N) is 1. The highest BCUT2D eigenvalue weighted by Crippen LogP contribution is 2.34. The summed E-state index contributed by atoms with van der Waals surface area (Å²) in [7, 11) is 0. The zero-order chi connectivity index (χ0) is 18.4. The predicted molar refractivity (Wildman–Crippen MR) is 113 cm³/mol. The lowest BCUT2D eigenvalue weighted by Crippen LogP contribution is -1.94. The molecule has 0 amide bonds. The predicted octanol–water partition coefficient (Wildman–Crippen LogP) is 7.00. The Morgan fingerprint density at radius 3 is 2.52 bits per heavy atom. The van der Waals surface area contributed by atoms with Crippen molar-refractivity contribution < 1.29 is 4.42 Å². The van der Waals surface area contributed by atoms with E-state index in [9.17, 15) is 0 Å². The monoisotopic (exact) mass is 351 g/mol. The standard InChI is InChI=1S/C25H21NO/c1-16(2)13-17-7-9-20-18(14-17)11-12-26-25(20)19-8-10-22-21-5-3-4-6-23(21)27-24(22)15-19/h3-12,14-16H,13H2,1-2H3. The van der Waals surface area contributed by atoms with E-state index in [4.69, 9.17) is 4.42 Å². The fourth-order valence-electron chi connectivity index (χ4n) is 3.93. The molecule has 2 nitrogen and oxygen atoms in total. The molecule has 132 valence electrons. The average molecular weight is 351 g/mol. The van der Waals surface area contributed by atoms with Crippen molar-refractivity contribution in [2.45, 2.75) is 20.3 Å². The van der Waals surface area contributed by atoms with Gasteiger partial charge in [-0.05, 0) is 47.6 Å². The molecule has 5 aromatic rings. The number of para-hydroxylation sites is 1. The summed E-state index contributed by atoms with van der Waals surface area (Å²) in [6.45, 7) is 4.51. The van der Waals surface area contributed by atoms with Crippen LogP contribution in [-0.2, 0) is 6.42 Å². The van der Waals surface area contributed by atoms with Crippen molar-refractivity contribution in [3.8, 4) is 11.3 Å². The van der Waals surface area contributed by atoms with Gasteiger partial charge in [0.1, 0.15) is 11.2 Å². The first-order chi connectivity index (χ1) is 13.2. The number of hydrogen-bond acceptors (Lipinski definition) is 2. The van der Waals surface area contributed by atoms with Crippen molar-refractivity contribution in [1.29, 1.82) is 0 Å². The quantitative estimate of drug-likeness (QED) is 0.350. The summed E-state index contributed by atoms with van der Waals surface area (Å²) in [5.41, 5.74) is 5.30. The molecule has 2 aromatic heterocycles. The molecule has 0 saturated carbocycles. The van der Waals surface area contributed by atoms with Crippen LogP contribution < -0.4 is 0 Å². The maximum Gasteiger partial charge on any atom is 0.136 e. The molecular weight excluding hydrogens is 330 g/mol. The van der Waals surface area contributed by atoms with Gasteiger partial charge in [0.25, 0.3) is 0 Å². The van der Waals surface area contributed by atoms with Crippen molar-refractivity contribution in [2.75, 3.05) is 0 Å². The third-order valence-corrected chi connectivity index (χ3v) is 5.12. The molecule has 2 heteroatoms. The largest absolute Gasteiger partial charge is 0.456 e. The Labute approximate surface area is 158 Å². The highest BCUT2D eigenvalue weighted by molar-refractivity contribution is 6.06. The first kappa shape index (κ1) is 16.1. The molecule has 2 heterocycles. The summed E-state index contributed by atoms with van der Waals surface area (Å²) < 4.78 is 6.06. The normalized spacial score (nSPS) is 11.8. The zero-order valence-electron chi connectivity index (χ0n) is 15.6. The van der Waals surface area contributed by atoms with E-state index in [1.54, 1.807) is 0 Å². The van der Waals surface area contributed by atoms with Crippen LogP contribution in [0.2, 0.25) is 0 Å². The SMILES string of the molecule is CC(C)Cc1ccc2c(-c3ccc4c(c3)oc3ccccc34)nccc2c1. The summed E-state index contributed by atoms with van der Waals surface area (Å²) in [5, 5.41) is 4.72. The molecule has 0 radical (unpaired) electrons. The molecule has 0 aliphatic rings. The Morgan fingerprint density at radius 2 is 1.63 bits per heavy atom. The van der Waals surface area contributed by atoms with Gasteiger partial charge in [-0.3, -0.25) is 4.98 Å². The van der Waals surface area contributed by atoms with Gasteiger partial charge >= 0.3 is 0 Å². The van der Waals surface area contributed by atoms with Crippen molar-refractivity contribution >= 4 is 32.7 Å². The Balaban J connectivity index is 1.67. The van der Waals surface area contributed by atoms with Crippen LogP contribution in [0.1, 0.15) is 19.4 Å². The Bertz CT molecular complexity index is 1280. The number of furan rings is 1. The van der Waals surface area contributed by atoms with E-state index < -0.39 is 0 Å². The number of benzene rings is 3. The maximum absolute atomic E-state index is 6.06. The molecule has 0 N–H and O–H groups in total. The molecular formula is C25H21NO. The number of pyridine rings is 1. The molecule has 0 aliphatic carbocycles. The van der Waals surface area contributed by atoms with Gasteiger partial charge in [0.05, 0.1) is 5.69 Å². The molecule has 0 bridgehead atoms. The lowest BCUT2D eigenvalue weighted by molar-refractivity contribution is 0.648. The minimum atomic E-state index is 0.652. The molecule has 5 rings (SSSR count). The van der Waals surface area contributed by atoms with E-state index in [1.807, 2.05) is 24.4 Å². The second-order valence-corrected chi connectivity index (χ2v) is 7.62. The van der Waals surface area contributed by atoms with E-state index in [0.717, 1.165) is 39.6 Å². The Hall–Kier alpha value is -3.13. The number of aromatic nitrogens is 1. The van der Waals surface area contributed by atoms with Crippen LogP contribution in [-0.4, -0.2) is 4.98 Å². The molecule has 0 unspecified atom stereocenters. The maximum atomic E-state index is 6.06. The lowest BCUT2D eigenvalue weighted by atomic mass is 9.97. The summed E-state index contributed by atoms with van der Waals surface area (Å²) in [6.07, 6.45) is 3.00. The van der Waals surface area contributed by atoms with E-state index in [1.165, 1.54) is 16.3 Å². The smallest absolute Gasteiger partial charge is 0.136 e. The first-order valence-corrected chi connectivity index (χ1v) is 9.48. The van der Waals surface area contributed by atoms with Crippen LogP contribution in [0.5, 0.6) is 0 Å². The fraction of sp³-hybridized carbons (Fsp3) is 0.160. The van der Waals surface area contributed by atoms with Gasteiger partial charge in [0.2, 0.25) is 0 Å². The van der Waals surface area contributed by atoms with Crippen LogP contribution in [0, 0.1) is 5.92 Å². The van der Waals surface area contributed by atoms with Gasteiger partial charge in [-0.2, -0.15) is 0 Å². The van der Waals surface area contributed by atoms with Crippen molar-refractivity contribution in [3.05, 3.63) is 78.5 Å². The number of rotatable bonds is 3. The molecule has 27 heavy (non-hydrogen) atoms. The summed E-state index contributed by atoms with van der Waals surface area (Å²) in [6, 6.07) is 23.4. The molecule has 0 aliphatic heterocycles. The van der Waals surface area contributed by atoms with Crippen LogP contribution in [0.4, 0.5) is 0 Å². The first-order valence-electron chi connectivity index (χ1n) is 9.48. The third kappa shape index (κ3) is 2.78. The lowest BCUT2D eigenvalue weighted by Gasteiger charge is -2.09. The number of hydrogen-bond donors (Lipinski definition) is 0. The van der Waals surface area contributed by atoms with E-state index in [2.05, 4.69) is 67.4 Å². The second kappa shape index (κ2) is 6.24. The van der Waals surface area contributed by atoms with Gasteiger partial charge in [-0.1, -0.05) is 56.3 Å². The van der Waals surface area contributed by atoms with Crippen molar-refractivity contribution in [2.24, 2.45) is 5.92 Å². The Morgan fingerprint density at radius 1 is 0.815 bits per heavy atom. The second-order valence-electron chi connectivity index (χ2n) is 7.62. The molecule has 0 spiro atoms. The minimum Gasteiger partial charge on any atom is -0.456 e. The van der Waals surface area contributed by atoms with Crippen molar-refractivity contribution in [1.82, 2.24) is 4.98 Å². The van der Waals surface area contributed by atoms with Gasteiger partial charge in [-0.15, -0.1) is 0 Å². The van der Waals surface area contributed by atoms with E-state index in [-0.39, 0.29) is 0 Å². The van der Waals surface area contributed by atoms with Crippen LogP contribution in [0.15, 0.2) is 77.3 Å². The van der Waals surface area contributed by atoms with E-state index >= 15 is 0 Å². The summed E-state index contributed by atoms with van der Waals surface area (Å²) in [5.74, 6) is 0.652. The van der Waals surface area contributed by atoms with Gasteiger partial charge in [0.15, 0.2) is 0 Å². The summed E-state index contributed by atoms with van der Waals surface area (Å²) >= 11 is 0. The zero-order valence-corrected chi connectivity index (χ0v) is 15.6. The van der Waals surface area contributed by atoms with Gasteiger partial charge < -0.3 is 4.42 Å². The molecule has 3 aromatic carbocycles. The number of fused-ring (bicyclic) bond motifs is 4. The van der Waals surface area contributed by atoms with Crippen LogP contribution >= 0.6 is 0 Å². The van der Waals surface area contributed by atoms with Crippen LogP contribution in [0.3, 0.4) is 0 Å². The van der Waals surface area contributed by atoms with Gasteiger partial charge in [-0.25, -0.2) is 0 Å². The summed E-state index contributed by atoms with van der Waals surface area (Å²) in [4.78, 5) is 4.69. The highest BCUT2D eigenvalue weighted by Gasteiger charge is 2.11. The van der Waals surface area contributed by atoms with E-state index in [0.29, 0.717) is 5.92 Å². The fourth-order valence-corrected chi connectivity index (χ4v) is 3.93. The molecule has 0 fully saturated rings. The van der Waals surface area contributed by atoms with Gasteiger partial charge in [0, 0.05) is 27.9 Å². The van der Waals surface area contributed by atoms with Crippen molar-refractivity contribution in [3.63, 3.8) is 0 Å². The molecule has 0 saturated heterocycles. The minimum absolute atomic E-state index is 0.652. The third-order valence-electron chi connectivity index (χ3n) is 5.12.